The van der Waals surface area contributed by atoms with E-state index in [2.05, 4.69) is 28.1 Å². The summed E-state index contributed by atoms with van der Waals surface area (Å²) < 4.78 is 6.60. The molecule has 2 aromatic carbocycles. The number of ether oxygens (including phenoxy) is 1. The van der Waals surface area contributed by atoms with Crippen LogP contribution in [-0.4, -0.2) is 12.4 Å². The van der Waals surface area contributed by atoms with Gasteiger partial charge in [-0.05, 0) is 30.3 Å². The monoisotopic (exact) mass is 342 g/mol. The Morgan fingerprint density at radius 1 is 1.11 bits per heavy atom. The number of hydrogen-bond acceptors (Lipinski definition) is 2. The second kappa shape index (κ2) is 7.07. The van der Waals surface area contributed by atoms with Crippen molar-refractivity contribution in [3.8, 4) is 5.75 Å². The van der Waals surface area contributed by atoms with Crippen molar-refractivity contribution in [2.24, 2.45) is 0 Å². The lowest BCUT2D eigenvalue weighted by Crippen LogP contribution is -2.00. The molecule has 0 saturated heterocycles. The summed E-state index contributed by atoms with van der Waals surface area (Å²) in [6.07, 6.45) is 0. The molecule has 0 fully saturated rings. The number of hydrogen-bond donors (Lipinski definition) is 0. The first kappa shape index (κ1) is 13.8. The van der Waals surface area contributed by atoms with Crippen LogP contribution in [-0.2, 0) is 0 Å². The van der Waals surface area contributed by atoms with Crippen LogP contribution in [0.25, 0.3) is 0 Å². The Balaban J connectivity index is 1.79. The smallest absolute Gasteiger partial charge is 0.138 e. The molecule has 0 aliphatic carbocycles. The third kappa shape index (κ3) is 4.23. The van der Waals surface area contributed by atoms with E-state index in [-0.39, 0.29) is 0 Å². The van der Waals surface area contributed by atoms with E-state index in [1.54, 1.807) is 11.8 Å². The van der Waals surface area contributed by atoms with Gasteiger partial charge in [0.1, 0.15) is 5.75 Å². The molecule has 0 spiro atoms. The molecule has 0 atom stereocenters. The summed E-state index contributed by atoms with van der Waals surface area (Å²) in [6.45, 7) is 0.640. The maximum absolute atomic E-state index is 6.06. The van der Waals surface area contributed by atoms with Gasteiger partial charge < -0.3 is 4.74 Å². The first-order valence-corrected chi connectivity index (χ1v) is 7.67. The summed E-state index contributed by atoms with van der Waals surface area (Å²) in [5, 5.41) is 0.633. The average molecular weight is 344 g/mol. The molecule has 1 nitrogen and oxygen atoms in total. The van der Waals surface area contributed by atoms with Gasteiger partial charge in [0.25, 0.3) is 0 Å². The second-order valence-electron chi connectivity index (χ2n) is 3.58. The first-order valence-electron chi connectivity index (χ1n) is 5.51. The summed E-state index contributed by atoms with van der Waals surface area (Å²) in [7, 11) is 0. The molecule has 0 radical (unpaired) electrons. The fourth-order valence-electron chi connectivity index (χ4n) is 1.42. The van der Waals surface area contributed by atoms with Crippen LogP contribution in [0.15, 0.2) is 57.9 Å². The zero-order valence-corrected chi connectivity index (χ0v) is 12.8. The van der Waals surface area contributed by atoms with Gasteiger partial charge in [-0.15, -0.1) is 11.8 Å². The van der Waals surface area contributed by atoms with E-state index in [1.165, 1.54) is 4.90 Å². The quantitative estimate of drug-likeness (QED) is 0.540. The highest BCUT2D eigenvalue weighted by molar-refractivity contribution is 9.10. The van der Waals surface area contributed by atoms with Crippen LogP contribution in [0.5, 0.6) is 5.75 Å². The number of benzene rings is 2. The van der Waals surface area contributed by atoms with Crippen LogP contribution in [0.3, 0.4) is 0 Å². The van der Waals surface area contributed by atoms with E-state index >= 15 is 0 Å². The molecule has 4 heteroatoms. The van der Waals surface area contributed by atoms with Crippen LogP contribution in [0.1, 0.15) is 0 Å². The van der Waals surface area contributed by atoms with Crippen molar-refractivity contribution in [1.29, 1.82) is 0 Å². The predicted octanol–water partition coefficient (Wildman–Crippen LogP) is 5.27. The van der Waals surface area contributed by atoms with Gasteiger partial charge in [-0.3, -0.25) is 0 Å². The van der Waals surface area contributed by atoms with E-state index in [4.69, 9.17) is 16.3 Å². The van der Waals surface area contributed by atoms with Gasteiger partial charge in [0.05, 0.1) is 11.6 Å². The van der Waals surface area contributed by atoms with Crippen LogP contribution >= 0.6 is 39.3 Å². The largest absolute Gasteiger partial charge is 0.491 e. The zero-order valence-electron chi connectivity index (χ0n) is 9.61. The Kier molecular flexibility index (Phi) is 5.42. The number of thioether (sulfide) groups is 1. The van der Waals surface area contributed by atoms with E-state index in [0.717, 1.165) is 16.0 Å². The number of rotatable bonds is 5. The SMILES string of the molecule is Clc1cc(Br)ccc1OCCSc1ccccc1. The van der Waals surface area contributed by atoms with Crippen LogP contribution in [0.2, 0.25) is 5.02 Å². The molecule has 18 heavy (non-hydrogen) atoms. The predicted molar refractivity (Wildman–Crippen MR) is 81.8 cm³/mol. The third-order valence-electron chi connectivity index (χ3n) is 2.25. The summed E-state index contributed by atoms with van der Waals surface area (Å²) in [4.78, 5) is 1.25. The molecule has 0 amide bonds. The van der Waals surface area contributed by atoms with Gasteiger partial charge >= 0.3 is 0 Å². The van der Waals surface area contributed by atoms with Gasteiger partial charge in [-0.25, -0.2) is 0 Å². The second-order valence-corrected chi connectivity index (χ2v) is 6.08. The molecule has 0 bridgehead atoms. The molecule has 0 heterocycles. The van der Waals surface area contributed by atoms with Crippen LogP contribution in [0.4, 0.5) is 0 Å². The molecular formula is C14H12BrClOS. The highest BCUT2D eigenvalue weighted by atomic mass is 79.9. The average Bonchev–Trinajstić information content (AvgIpc) is 2.38. The highest BCUT2D eigenvalue weighted by Crippen LogP contribution is 2.28. The lowest BCUT2D eigenvalue weighted by molar-refractivity contribution is 0.344. The summed E-state index contributed by atoms with van der Waals surface area (Å²) in [5.74, 6) is 1.63. The van der Waals surface area contributed by atoms with Gasteiger partial charge in [0.2, 0.25) is 0 Å². The van der Waals surface area contributed by atoms with Crippen molar-refractivity contribution in [1.82, 2.24) is 0 Å². The van der Waals surface area contributed by atoms with E-state index in [9.17, 15) is 0 Å². The Morgan fingerprint density at radius 3 is 2.61 bits per heavy atom. The minimum absolute atomic E-state index is 0.633. The lowest BCUT2D eigenvalue weighted by atomic mass is 10.3. The third-order valence-corrected chi connectivity index (χ3v) is 4.01. The van der Waals surface area contributed by atoms with E-state index in [0.29, 0.717) is 11.6 Å². The molecule has 0 aliphatic heterocycles. The molecule has 0 aromatic heterocycles. The fraction of sp³-hybridized carbons (Fsp3) is 0.143. The Hall–Kier alpha value is -0.640. The normalized spacial score (nSPS) is 10.3. The van der Waals surface area contributed by atoms with E-state index in [1.807, 2.05) is 36.4 Å². The highest BCUT2D eigenvalue weighted by Gasteiger charge is 2.02. The first-order chi connectivity index (χ1) is 8.75. The summed E-state index contributed by atoms with van der Waals surface area (Å²) >= 11 is 11.2. The van der Waals surface area contributed by atoms with Crippen molar-refractivity contribution in [2.75, 3.05) is 12.4 Å². The van der Waals surface area contributed by atoms with Gasteiger partial charge in [0.15, 0.2) is 0 Å². The molecule has 94 valence electrons. The number of halogens is 2. The molecule has 0 aliphatic rings. The standard InChI is InChI=1S/C14H12BrClOS/c15-11-6-7-14(13(16)10-11)17-8-9-18-12-4-2-1-3-5-12/h1-7,10H,8-9H2. The molecule has 0 unspecified atom stereocenters. The van der Waals surface area contributed by atoms with Crippen molar-refractivity contribution in [2.45, 2.75) is 4.90 Å². The summed E-state index contributed by atoms with van der Waals surface area (Å²) in [6, 6.07) is 15.9. The Labute approximate surface area is 125 Å². The fourth-order valence-corrected chi connectivity index (χ4v) is 2.90. The summed E-state index contributed by atoms with van der Waals surface area (Å²) in [5.41, 5.74) is 0. The van der Waals surface area contributed by atoms with Gasteiger partial charge in [-0.1, -0.05) is 45.7 Å². The van der Waals surface area contributed by atoms with E-state index < -0.39 is 0 Å². The van der Waals surface area contributed by atoms with Crippen LogP contribution < -0.4 is 4.74 Å². The minimum atomic E-state index is 0.633. The maximum Gasteiger partial charge on any atom is 0.138 e. The zero-order chi connectivity index (χ0) is 12.8. The Bertz CT molecular complexity index is 504. The van der Waals surface area contributed by atoms with Gasteiger partial charge in [0, 0.05) is 15.1 Å². The maximum atomic E-state index is 6.06. The molecular weight excluding hydrogens is 332 g/mol. The van der Waals surface area contributed by atoms with Gasteiger partial charge in [-0.2, -0.15) is 0 Å². The Morgan fingerprint density at radius 2 is 1.89 bits per heavy atom. The van der Waals surface area contributed by atoms with Crippen LogP contribution in [0, 0.1) is 0 Å². The van der Waals surface area contributed by atoms with Crippen molar-refractivity contribution < 1.29 is 4.74 Å². The van der Waals surface area contributed by atoms with Crippen molar-refractivity contribution in [3.63, 3.8) is 0 Å². The lowest BCUT2D eigenvalue weighted by Gasteiger charge is -2.08. The molecule has 0 saturated carbocycles. The minimum Gasteiger partial charge on any atom is -0.491 e. The molecule has 2 rings (SSSR count). The topological polar surface area (TPSA) is 9.23 Å². The van der Waals surface area contributed by atoms with Crippen molar-refractivity contribution in [3.05, 3.63) is 58.0 Å². The molecule has 2 aromatic rings. The molecule has 0 N–H and O–H groups in total. The van der Waals surface area contributed by atoms with Crippen molar-refractivity contribution >= 4 is 39.3 Å².